The van der Waals surface area contributed by atoms with Crippen molar-refractivity contribution in [2.45, 2.75) is 0 Å². The van der Waals surface area contributed by atoms with Gasteiger partial charge in [0.25, 0.3) is 0 Å². The minimum Gasteiger partial charge on any atom is -0.310 e. The summed E-state index contributed by atoms with van der Waals surface area (Å²) in [6.45, 7) is 16.1. The van der Waals surface area contributed by atoms with Crippen molar-refractivity contribution in [1.82, 2.24) is 13.7 Å². The molecule has 3 heterocycles. The molecule has 5 heteroatoms. The van der Waals surface area contributed by atoms with Crippen LogP contribution in [-0.4, -0.2) is 13.7 Å². The van der Waals surface area contributed by atoms with Crippen molar-refractivity contribution < 1.29 is 0 Å². The number of nitrogens with zero attached hydrogens (tertiary/aromatic N) is 5. The minimum absolute atomic E-state index is 0.589. The predicted octanol–water partition coefficient (Wildman–Crippen LogP) is 13.7. The van der Waals surface area contributed by atoms with E-state index in [1.807, 2.05) is 18.2 Å². The van der Waals surface area contributed by atoms with E-state index < -0.39 is 0 Å². The Bertz CT molecular complexity index is 3420. The minimum atomic E-state index is 0.589. The Labute approximate surface area is 316 Å². The maximum atomic E-state index is 8.49. The maximum Gasteiger partial charge on any atom is 0.197 e. The van der Waals surface area contributed by atoms with Gasteiger partial charge < -0.3 is 13.7 Å². The van der Waals surface area contributed by atoms with Crippen molar-refractivity contribution in [2.24, 2.45) is 0 Å². The van der Waals surface area contributed by atoms with Crippen molar-refractivity contribution in [3.63, 3.8) is 0 Å². The van der Waals surface area contributed by atoms with Crippen molar-refractivity contribution in [2.75, 3.05) is 0 Å². The van der Waals surface area contributed by atoms with Crippen LogP contribution in [0, 0.1) is 13.1 Å². The van der Waals surface area contributed by atoms with Crippen molar-refractivity contribution in [3.8, 4) is 28.2 Å². The van der Waals surface area contributed by atoms with E-state index >= 15 is 0 Å². The number of benzene rings is 8. The smallest absolute Gasteiger partial charge is 0.197 e. The van der Waals surface area contributed by atoms with Gasteiger partial charge in [0, 0.05) is 38.3 Å². The second-order valence-corrected chi connectivity index (χ2v) is 13.9. The first-order chi connectivity index (χ1) is 27.2. The summed E-state index contributed by atoms with van der Waals surface area (Å²) in [6.07, 6.45) is 0. The molecule has 0 N–H and O–H groups in total. The van der Waals surface area contributed by atoms with Gasteiger partial charge in [-0.25, -0.2) is 9.69 Å². The lowest BCUT2D eigenvalue weighted by molar-refractivity contribution is 1.15. The average Bonchev–Trinajstić information content (AvgIpc) is 3.88. The van der Waals surface area contributed by atoms with Crippen LogP contribution >= 0.6 is 0 Å². The molecule has 0 aliphatic rings. The van der Waals surface area contributed by atoms with E-state index in [1.165, 1.54) is 10.8 Å². The Morgan fingerprint density at radius 3 is 1.45 bits per heavy atom. The molecular formula is C50H29N5. The van der Waals surface area contributed by atoms with Gasteiger partial charge >= 0.3 is 0 Å². The van der Waals surface area contributed by atoms with Gasteiger partial charge in [0.2, 0.25) is 0 Å². The summed E-state index contributed by atoms with van der Waals surface area (Å²) in [6, 6.07) is 61.3. The zero-order valence-electron chi connectivity index (χ0n) is 29.5. The maximum absolute atomic E-state index is 8.49. The predicted molar refractivity (Wildman–Crippen MR) is 227 cm³/mol. The monoisotopic (exact) mass is 699 g/mol. The SMILES string of the molecule is [C-]#[N+]c1ccc2c(c1)c1ccccc1n2-c1ccc2c3ccccc3n(-c3ccc(-c4ccccc4-n4c5ccccc5c5ccccc54)c([N+]#[C-])c3)c2c1. The first kappa shape index (κ1) is 30.7. The van der Waals surface area contributed by atoms with Crippen molar-refractivity contribution >= 4 is 76.8 Å². The summed E-state index contributed by atoms with van der Waals surface area (Å²) >= 11 is 0. The molecule has 8 aromatic carbocycles. The highest BCUT2D eigenvalue weighted by Crippen LogP contribution is 2.42. The van der Waals surface area contributed by atoms with E-state index in [1.54, 1.807) is 0 Å². The lowest BCUT2D eigenvalue weighted by Gasteiger charge is -2.16. The Hall–Kier alpha value is -7.86. The van der Waals surface area contributed by atoms with Crippen LogP contribution in [0.2, 0.25) is 0 Å². The lowest BCUT2D eigenvalue weighted by atomic mass is 10.0. The van der Waals surface area contributed by atoms with Crippen LogP contribution < -0.4 is 0 Å². The summed E-state index contributed by atoms with van der Waals surface area (Å²) in [4.78, 5) is 7.88. The third-order valence-electron chi connectivity index (χ3n) is 11.1. The molecule has 5 nitrogen and oxygen atoms in total. The van der Waals surface area contributed by atoms with Crippen LogP contribution in [0.5, 0.6) is 0 Å². The summed E-state index contributed by atoms with van der Waals surface area (Å²) in [5.41, 5.74) is 12.6. The van der Waals surface area contributed by atoms with Gasteiger partial charge in [0.1, 0.15) is 0 Å². The van der Waals surface area contributed by atoms with Crippen molar-refractivity contribution in [3.05, 3.63) is 199 Å². The van der Waals surface area contributed by atoms with Crippen molar-refractivity contribution in [1.29, 1.82) is 0 Å². The second kappa shape index (κ2) is 11.8. The number of hydrogen-bond acceptors (Lipinski definition) is 0. The van der Waals surface area contributed by atoms with Gasteiger partial charge in [0.15, 0.2) is 11.4 Å². The van der Waals surface area contributed by atoms with Crippen LogP contribution in [0.4, 0.5) is 11.4 Å². The molecule has 0 fully saturated rings. The normalized spacial score (nSPS) is 11.6. The van der Waals surface area contributed by atoms with Gasteiger partial charge in [-0.05, 0) is 83.2 Å². The first-order valence-corrected chi connectivity index (χ1v) is 18.3. The highest BCUT2D eigenvalue weighted by molar-refractivity contribution is 6.13. The molecule has 0 unspecified atom stereocenters. The van der Waals surface area contributed by atoms with Crippen LogP contribution in [0.1, 0.15) is 0 Å². The lowest BCUT2D eigenvalue weighted by Crippen LogP contribution is -1.99. The van der Waals surface area contributed by atoms with Gasteiger partial charge in [-0.3, -0.25) is 0 Å². The number of para-hydroxylation sites is 5. The van der Waals surface area contributed by atoms with Gasteiger partial charge in [-0.1, -0.05) is 109 Å². The summed E-state index contributed by atoms with van der Waals surface area (Å²) < 4.78 is 6.91. The van der Waals surface area contributed by atoms with E-state index in [0.717, 1.165) is 82.8 Å². The fourth-order valence-corrected chi connectivity index (χ4v) is 8.74. The fraction of sp³-hybridized carbons (Fsp3) is 0. The molecular weight excluding hydrogens is 671 g/mol. The highest BCUT2D eigenvalue weighted by Gasteiger charge is 2.20. The Morgan fingerprint density at radius 2 is 0.818 bits per heavy atom. The van der Waals surface area contributed by atoms with E-state index in [4.69, 9.17) is 13.1 Å². The van der Waals surface area contributed by atoms with Crippen LogP contribution in [0.3, 0.4) is 0 Å². The Morgan fingerprint density at radius 1 is 0.327 bits per heavy atom. The molecule has 0 bridgehead atoms. The molecule has 0 aliphatic heterocycles. The molecule has 0 saturated carbocycles. The number of aromatic nitrogens is 3. The van der Waals surface area contributed by atoms with Gasteiger partial charge in [-0.2, -0.15) is 0 Å². The average molecular weight is 700 g/mol. The zero-order chi connectivity index (χ0) is 36.6. The molecule has 0 radical (unpaired) electrons. The molecule has 0 atom stereocenters. The summed E-state index contributed by atoms with van der Waals surface area (Å²) in [7, 11) is 0. The van der Waals surface area contributed by atoms with E-state index in [9.17, 15) is 0 Å². The van der Waals surface area contributed by atoms with Crippen LogP contribution in [0.15, 0.2) is 176 Å². The molecule has 11 rings (SSSR count). The largest absolute Gasteiger partial charge is 0.310 e. The van der Waals surface area contributed by atoms with Crippen LogP contribution in [-0.2, 0) is 0 Å². The fourth-order valence-electron chi connectivity index (χ4n) is 8.74. The topological polar surface area (TPSA) is 23.5 Å². The third kappa shape index (κ3) is 4.45. The molecule has 3 aromatic heterocycles. The van der Waals surface area contributed by atoms with Crippen LogP contribution in [0.25, 0.3) is 103 Å². The molecule has 0 saturated heterocycles. The zero-order valence-corrected chi connectivity index (χ0v) is 29.5. The molecule has 254 valence electrons. The second-order valence-electron chi connectivity index (χ2n) is 13.9. The third-order valence-corrected chi connectivity index (χ3v) is 11.1. The summed E-state index contributed by atoms with van der Waals surface area (Å²) in [5.74, 6) is 0. The molecule has 11 aromatic rings. The molecule has 0 amide bonds. The number of hydrogen-bond donors (Lipinski definition) is 0. The number of rotatable bonds is 4. The quantitative estimate of drug-likeness (QED) is 0.163. The van der Waals surface area contributed by atoms with E-state index in [0.29, 0.717) is 11.4 Å². The van der Waals surface area contributed by atoms with E-state index in [2.05, 4.69) is 181 Å². The first-order valence-electron chi connectivity index (χ1n) is 18.3. The van der Waals surface area contributed by atoms with Gasteiger partial charge in [0.05, 0.1) is 51.9 Å². The Kier molecular flexibility index (Phi) is 6.61. The standard InChI is InChI=1S/C50H29N5/c1-51-32-23-28-49-42(29-32)40-17-7-9-19-45(40)53(49)34-25-27-41-39-16-4-8-18-44(39)54(50(41)31-34)33-24-26-35(43(30-33)52-2)36-13-3-10-20-46(36)55-47-21-11-5-14-37(47)38-15-6-12-22-48(38)55/h3-31H. The number of fused-ring (bicyclic) bond motifs is 9. The molecule has 0 spiro atoms. The molecule has 55 heavy (non-hydrogen) atoms. The molecule has 0 aliphatic carbocycles. The summed E-state index contributed by atoms with van der Waals surface area (Å²) in [5, 5.41) is 6.87. The van der Waals surface area contributed by atoms with Gasteiger partial charge in [-0.15, -0.1) is 0 Å². The Balaban J connectivity index is 1.13. The van der Waals surface area contributed by atoms with E-state index in [-0.39, 0.29) is 0 Å². The highest BCUT2D eigenvalue weighted by atomic mass is 15.0.